The number of para-hydroxylation sites is 1. The van der Waals surface area contributed by atoms with Crippen molar-refractivity contribution in [3.8, 4) is 11.4 Å². The van der Waals surface area contributed by atoms with Crippen molar-refractivity contribution in [1.29, 1.82) is 0 Å². The molecule has 2 aromatic carbocycles. The van der Waals surface area contributed by atoms with E-state index in [1.165, 1.54) is 11.8 Å². The fourth-order valence-electron chi connectivity index (χ4n) is 5.13. The standard InChI is InChI=1S/C32H36N4O4S/c1-20-11-9-14-24(21(20)2)36-31-28(30(34-36)32(3,4)5)29(23-13-7-8-15-25(23)39-6)41-19-27(38)35(31)18-26(37)33-17-22-12-10-16-40-22/h7-16,29H,17-19H2,1-6H3,(H,33,37). The zero-order valence-corrected chi connectivity index (χ0v) is 25.2. The number of hydrogen-bond acceptors (Lipinski definition) is 6. The third-order valence-electron chi connectivity index (χ3n) is 7.37. The van der Waals surface area contributed by atoms with Gasteiger partial charge in [-0.3, -0.25) is 14.5 Å². The number of furan rings is 1. The number of benzene rings is 2. The van der Waals surface area contributed by atoms with Gasteiger partial charge >= 0.3 is 0 Å². The summed E-state index contributed by atoms with van der Waals surface area (Å²) in [6, 6.07) is 17.5. The van der Waals surface area contributed by atoms with Crippen LogP contribution in [0.1, 0.15) is 59.7 Å². The predicted molar refractivity (Wildman–Crippen MR) is 162 cm³/mol. The van der Waals surface area contributed by atoms with Gasteiger partial charge in [0.15, 0.2) is 0 Å². The van der Waals surface area contributed by atoms with Crippen LogP contribution < -0.4 is 15.0 Å². The molecule has 41 heavy (non-hydrogen) atoms. The molecular formula is C32H36N4O4S. The molecule has 2 aromatic heterocycles. The maximum Gasteiger partial charge on any atom is 0.240 e. The minimum atomic E-state index is -0.353. The van der Waals surface area contributed by atoms with Gasteiger partial charge in [-0.25, -0.2) is 4.68 Å². The lowest BCUT2D eigenvalue weighted by Gasteiger charge is -2.25. The number of ether oxygens (including phenoxy) is 1. The smallest absolute Gasteiger partial charge is 0.240 e. The van der Waals surface area contributed by atoms with Crippen molar-refractivity contribution in [3.05, 3.63) is 94.6 Å². The summed E-state index contributed by atoms with van der Waals surface area (Å²) in [6.07, 6.45) is 1.57. The molecule has 214 valence electrons. The first-order valence-corrected chi connectivity index (χ1v) is 14.7. The summed E-state index contributed by atoms with van der Waals surface area (Å²) < 4.78 is 13.0. The van der Waals surface area contributed by atoms with Crippen LogP contribution >= 0.6 is 11.8 Å². The molecule has 5 rings (SSSR count). The zero-order valence-electron chi connectivity index (χ0n) is 24.4. The van der Waals surface area contributed by atoms with Crippen LogP contribution in [0.25, 0.3) is 5.69 Å². The number of fused-ring (bicyclic) bond motifs is 1. The van der Waals surface area contributed by atoms with Crippen molar-refractivity contribution in [3.63, 3.8) is 0 Å². The van der Waals surface area contributed by atoms with Crippen LogP contribution in [0.3, 0.4) is 0 Å². The van der Waals surface area contributed by atoms with Gasteiger partial charge in [0, 0.05) is 16.5 Å². The van der Waals surface area contributed by atoms with Crippen molar-refractivity contribution >= 4 is 29.4 Å². The largest absolute Gasteiger partial charge is 0.496 e. The predicted octanol–water partition coefficient (Wildman–Crippen LogP) is 5.87. The Hall–Kier alpha value is -3.98. The highest BCUT2D eigenvalue weighted by molar-refractivity contribution is 8.00. The lowest BCUT2D eigenvalue weighted by Crippen LogP contribution is -2.42. The van der Waals surface area contributed by atoms with Gasteiger partial charge in [-0.15, -0.1) is 11.8 Å². The Balaban J connectivity index is 1.73. The molecule has 1 unspecified atom stereocenters. The van der Waals surface area contributed by atoms with Gasteiger partial charge in [-0.1, -0.05) is 51.1 Å². The van der Waals surface area contributed by atoms with Crippen molar-refractivity contribution in [2.75, 3.05) is 24.3 Å². The van der Waals surface area contributed by atoms with Crippen molar-refractivity contribution in [2.45, 2.75) is 51.8 Å². The number of anilines is 1. The second kappa shape index (κ2) is 11.5. The van der Waals surface area contributed by atoms with Gasteiger partial charge < -0.3 is 14.5 Å². The van der Waals surface area contributed by atoms with E-state index in [4.69, 9.17) is 14.3 Å². The van der Waals surface area contributed by atoms with E-state index >= 15 is 0 Å². The van der Waals surface area contributed by atoms with Crippen LogP contribution in [-0.2, 0) is 21.5 Å². The first-order valence-electron chi connectivity index (χ1n) is 13.6. The number of aromatic nitrogens is 2. The Morgan fingerprint density at radius 1 is 1.12 bits per heavy atom. The van der Waals surface area contributed by atoms with Crippen LogP contribution in [0.2, 0.25) is 0 Å². The van der Waals surface area contributed by atoms with E-state index in [2.05, 4.69) is 46.0 Å². The lowest BCUT2D eigenvalue weighted by atomic mass is 9.87. The van der Waals surface area contributed by atoms with E-state index in [1.54, 1.807) is 30.4 Å². The normalized spacial score (nSPS) is 15.4. The third-order valence-corrected chi connectivity index (χ3v) is 8.60. The molecule has 0 radical (unpaired) electrons. The molecule has 1 aliphatic heterocycles. The molecule has 1 aliphatic rings. The molecule has 0 saturated carbocycles. The van der Waals surface area contributed by atoms with Gasteiger partial charge in [-0.05, 0) is 49.2 Å². The number of thioether (sulfide) groups is 1. The van der Waals surface area contributed by atoms with E-state index in [0.717, 1.165) is 39.4 Å². The third kappa shape index (κ3) is 5.63. The minimum Gasteiger partial charge on any atom is -0.496 e. The van der Waals surface area contributed by atoms with Crippen LogP contribution in [0.5, 0.6) is 5.75 Å². The van der Waals surface area contributed by atoms with Crippen LogP contribution in [0.15, 0.2) is 65.3 Å². The molecule has 1 N–H and O–H groups in total. The Labute approximate surface area is 245 Å². The highest BCUT2D eigenvalue weighted by Crippen LogP contribution is 2.50. The Morgan fingerprint density at radius 3 is 2.61 bits per heavy atom. The van der Waals surface area contributed by atoms with E-state index < -0.39 is 0 Å². The number of nitrogens with zero attached hydrogens (tertiary/aromatic N) is 3. The van der Waals surface area contributed by atoms with E-state index in [1.807, 2.05) is 41.1 Å². The fourth-order valence-corrected chi connectivity index (χ4v) is 6.36. The molecule has 0 bridgehead atoms. The molecular weight excluding hydrogens is 536 g/mol. The van der Waals surface area contributed by atoms with E-state index in [9.17, 15) is 9.59 Å². The van der Waals surface area contributed by atoms with Gasteiger partial charge in [0.05, 0.1) is 42.3 Å². The SMILES string of the molecule is COc1ccccc1C1SCC(=O)N(CC(=O)NCc2ccco2)c2c1c(C(C)(C)C)nn2-c1cccc(C)c1C. The minimum absolute atomic E-state index is 0.147. The second-order valence-corrected chi connectivity index (χ2v) is 12.3. The monoisotopic (exact) mass is 572 g/mol. The summed E-state index contributed by atoms with van der Waals surface area (Å²) in [6.45, 7) is 10.6. The zero-order chi connectivity index (χ0) is 29.3. The van der Waals surface area contributed by atoms with E-state index in [0.29, 0.717) is 11.6 Å². The molecule has 2 amide bonds. The highest BCUT2D eigenvalue weighted by atomic mass is 32.2. The Bertz CT molecular complexity index is 1570. The number of amides is 2. The molecule has 0 fully saturated rings. The maximum atomic E-state index is 13.9. The van der Waals surface area contributed by atoms with Gasteiger partial charge in [0.2, 0.25) is 11.8 Å². The van der Waals surface area contributed by atoms with Gasteiger partial charge in [-0.2, -0.15) is 5.10 Å². The molecule has 8 nitrogen and oxygen atoms in total. The lowest BCUT2D eigenvalue weighted by molar-refractivity contribution is -0.123. The fraction of sp³-hybridized carbons (Fsp3) is 0.344. The summed E-state index contributed by atoms with van der Waals surface area (Å²) in [5.74, 6) is 1.75. The second-order valence-electron chi connectivity index (χ2n) is 11.2. The topological polar surface area (TPSA) is 89.6 Å². The molecule has 1 atom stereocenters. The van der Waals surface area contributed by atoms with Crippen molar-refractivity contribution in [1.82, 2.24) is 15.1 Å². The van der Waals surface area contributed by atoms with Crippen molar-refractivity contribution in [2.24, 2.45) is 0 Å². The average Bonchev–Trinajstić information content (AvgIpc) is 3.58. The van der Waals surface area contributed by atoms with Crippen LogP contribution in [0.4, 0.5) is 5.82 Å². The number of nitrogens with one attached hydrogen (secondary N) is 1. The number of carbonyl (C=O) groups is 2. The summed E-state index contributed by atoms with van der Waals surface area (Å²) in [4.78, 5) is 28.8. The number of carbonyl (C=O) groups excluding carboxylic acids is 2. The number of hydrogen-bond donors (Lipinski definition) is 1. The molecule has 3 heterocycles. The Morgan fingerprint density at radius 2 is 1.90 bits per heavy atom. The van der Waals surface area contributed by atoms with Gasteiger partial charge in [0.1, 0.15) is 23.9 Å². The van der Waals surface area contributed by atoms with Gasteiger partial charge in [0.25, 0.3) is 0 Å². The Kier molecular flexibility index (Phi) is 8.00. The van der Waals surface area contributed by atoms with Crippen molar-refractivity contribution < 1.29 is 18.7 Å². The number of rotatable bonds is 7. The van der Waals surface area contributed by atoms with Crippen LogP contribution in [0, 0.1) is 13.8 Å². The van der Waals surface area contributed by atoms with Crippen LogP contribution in [-0.4, -0.2) is 41.0 Å². The quantitative estimate of drug-likeness (QED) is 0.298. The summed E-state index contributed by atoms with van der Waals surface area (Å²) in [5, 5.41) is 7.87. The average molecular weight is 573 g/mol. The first kappa shape index (κ1) is 28.5. The summed E-state index contributed by atoms with van der Waals surface area (Å²) in [5.41, 5.74) is 5.43. The molecule has 4 aromatic rings. The molecule has 0 saturated heterocycles. The molecule has 9 heteroatoms. The number of methoxy groups -OCH3 is 1. The molecule has 0 spiro atoms. The highest BCUT2D eigenvalue weighted by Gasteiger charge is 2.40. The maximum absolute atomic E-state index is 13.9. The van der Waals surface area contributed by atoms with E-state index in [-0.39, 0.29) is 41.3 Å². The first-order chi connectivity index (χ1) is 19.6. The molecule has 0 aliphatic carbocycles. The summed E-state index contributed by atoms with van der Waals surface area (Å²) >= 11 is 1.53. The number of aryl methyl sites for hydroxylation is 1. The summed E-state index contributed by atoms with van der Waals surface area (Å²) in [7, 11) is 1.66.